The maximum Gasteiger partial charge on any atom is 0.190 e. The van der Waals surface area contributed by atoms with E-state index in [1.807, 2.05) is 17.8 Å². The van der Waals surface area contributed by atoms with Crippen molar-refractivity contribution >= 4 is 11.9 Å². The van der Waals surface area contributed by atoms with Crippen LogP contribution in [-0.4, -0.2) is 49.2 Å². The highest BCUT2D eigenvalue weighted by Gasteiger charge is 2.68. The van der Waals surface area contributed by atoms with Crippen molar-refractivity contribution in [1.29, 1.82) is 0 Å². The van der Waals surface area contributed by atoms with Crippen molar-refractivity contribution < 1.29 is 24.5 Å². The summed E-state index contributed by atoms with van der Waals surface area (Å²) in [6.07, 6.45) is 7.42. The van der Waals surface area contributed by atoms with Crippen LogP contribution in [-0.2, 0) is 11.2 Å². The molecule has 0 spiro atoms. The van der Waals surface area contributed by atoms with Gasteiger partial charge in [-0.15, -0.1) is 0 Å². The molecule has 3 N–H and O–H groups in total. The van der Waals surface area contributed by atoms with Crippen LogP contribution in [0.1, 0.15) is 57.2 Å². The lowest BCUT2D eigenvalue weighted by Gasteiger charge is -2.60. The first-order valence-electron chi connectivity index (χ1n) is 12.7. The maximum atomic E-state index is 13.5. The fraction of sp³-hybridized carbons (Fsp3) is 0.571. The molecule has 3 fully saturated rings. The highest BCUT2D eigenvalue weighted by molar-refractivity contribution is 5.89. The third kappa shape index (κ3) is 2.98. The fourth-order valence-corrected chi connectivity index (χ4v) is 8.57. The summed E-state index contributed by atoms with van der Waals surface area (Å²) in [5.74, 6) is -0.462. The number of allylic oxidation sites excluding steroid dienone is 1. The minimum atomic E-state index is -1.58. The number of aliphatic hydroxyl groups is 3. The average molecular weight is 481 g/mol. The number of nitrogens with zero attached hydrogens (tertiary/aromatic N) is 2. The van der Waals surface area contributed by atoms with E-state index in [2.05, 4.69) is 18.1 Å². The topological polar surface area (TPSA) is 95.6 Å². The zero-order chi connectivity index (χ0) is 24.8. The third-order valence-electron chi connectivity index (χ3n) is 10.3. The monoisotopic (exact) mass is 480 g/mol. The molecule has 0 amide bonds. The number of rotatable bonds is 3. The Morgan fingerprint density at radius 3 is 2.69 bits per heavy atom. The van der Waals surface area contributed by atoms with E-state index in [0.29, 0.717) is 12.8 Å². The second-order valence-electron chi connectivity index (χ2n) is 11.7. The quantitative estimate of drug-likeness (QED) is 0.626. The molecule has 2 aromatic rings. The minimum absolute atomic E-state index is 0.0227. The molecular formula is C28H33FN2O4. The van der Waals surface area contributed by atoms with E-state index in [1.165, 1.54) is 17.7 Å². The number of benzene rings is 1. The second-order valence-corrected chi connectivity index (χ2v) is 11.7. The highest BCUT2D eigenvalue weighted by Crippen LogP contribution is 2.67. The van der Waals surface area contributed by atoms with Crippen LogP contribution in [0.5, 0.6) is 0 Å². The standard InChI is InChI=1S/C28H33FN2O4/c1-26-12-16-14-30-31(19-6-4-18(29)5-7-19)22(16)11-17(26)3-8-20-21-9-10-28(35,24(34)15-32)27(21,2)13-23(33)25(20)26/h4-7,11,14,20-21,23,25,32-33,35H,3,8-10,12-13,15H2,1-2H3/t20?,21?,23?,25?,26?,27?,28-/m0/s1. The number of Topliss-reactive ketones (excluding diaryl/α,β-unsaturated/α-hetero) is 1. The van der Waals surface area contributed by atoms with Crippen molar-refractivity contribution in [2.45, 2.75) is 64.1 Å². The van der Waals surface area contributed by atoms with Gasteiger partial charge in [0.1, 0.15) is 18.0 Å². The molecule has 186 valence electrons. The Kier molecular flexibility index (Phi) is 4.99. The first-order valence-corrected chi connectivity index (χ1v) is 12.7. The van der Waals surface area contributed by atoms with Gasteiger partial charge in [-0.25, -0.2) is 9.07 Å². The number of hydrogen-bond acceptors (Lipinski definition) is 5. The van der Waals surface area contributed by atoms with Crippen LogP contribution in [0, 0.1) is 34.4 Å². The zero-order valence-electron chi connectivity index (χ0n) is 20.2. The van der Waals surface area contributed by atoms with Gasteiger partial charge in [-0.1, -0.05) is 19.4 Å². The van der Waals surface area contributed by atoms with Crippen LogP contribution in [0.15, 0.2) is 36.0 Å². The lowest BCUT2D eigenvalue weighted by molar-refractivity contribution is -0.181. The van der Waals surface area contributed by atoms with Gasteiger partial charge in [-0.3, -0.25) is 4.79 Å². The van der Waals surface area contributed by atoms with E-state index in [0.717, 1.165) is 42.6 Å². The molecule has 1 aromatic carbocycles. The smallest absolute Gasteiger partial charge is 0.190 e. The SMILES string of the molecule is CC12Cc3cnn(-c4ccc(F)cc4)c3C=C1CCC1C2C(O)CC2(C)C1CC[C@]2(O)C(=O)CO. The number of ketones is 1. The number of hydrogen-bond donors (Lipinski definition) is 3. The molecule has 1 aromatic heterocycles. The number of fused-ring (bicyclic) bond motifs is 6. The summed E-state index contributed by atoms with van der Waals surface area (Å²) in [5.41, 5.74) is 1.69. The molecular weight excluding hydrogens is 447 g/mol. The Labute approximate surface area is 204 Å². The molecule has 6 nitrogen and oxygen atoms in total. The molecule has 7 heteroatoms. The van der Waals surface area contributed by atoms with Gasteiger partial charge in [0.05, 0.1) is 23.7 Å². The predicted molar refractivity (Wildman–Crippen MR) is 128 cm³/mol. The molecule has 0 saturated heterocycles. The van der Waals surface area contributed by atoms with E-state index < -0.39 is 29.5 Å². The molecule has 6 rings (SSSR count). The van der Waals surface area contributed by atoms with Crippen LogP contribution >= 0.6 is 0 Å². The zero-order valence-corrected chi connectivity index (χ0v) is 20.2. The normalized spacial score (nSPS) is 39.8. The molecule has 4 aliphatic carbocycles. The van der Waals surface area contributed by atoms with Crippen LogP contribution < -0.4 is 0 Å². The Morgan fingerprint density at radius 2 is 1.97 bits per heavy atom. The molecule has 4 aliphatic rings. The summed E-state index contributed by atoms with van der Waals surface area (Å²) >= 11 is 0. The highest BCUT2D eigenvalue weighted by atomic mass is 19.1. The molecule has 3 saturated carbocycles. The summed E-state index contributed by atoms with van der Waals surface area (Å²) in [6, 6.07) is 6.34. The van der Waals surface area contributed by atoms with Gasteiger partial charge in [0.25, 0.3) is 0 Å². The Balaban J connectivity index is 1.37. The van der Waals surface area contributed by atoms with Gasteiger partial charge in [0.15, 0.2) is 5.78 Å². The number of carbonyl (C=O) groups is 1. The van der Waals surface area contributed by atoms with Crippen molar-refractivity contribution in [3.05, 3.63) is 53.1 Å². The summed E-state index contributed by atoms with van der Waals surface area (Å²) < 4.78 is 15.3. The number of aromatic nitrogens is 2. The van der Waals surface area contributed by atoms with Crippen LogP contribution in [0.25, 0.3) is 11.8 Å². The van der Waals surface area contributed by atoms with Gasteiger partial charge in [-0.2, -0.15) is 5.10 Å². The lowest BCUT2D eigenvalue weighted by atomic mass is 9.45. The molecule has 1 heterocycles. The molecule has 6 unspecified atom stereocenters. The summed E-state index contributed by atoms with van der Waals surface area (Å²) in [5, 5.41) is 37.2. The Hall–Kier alpha value is -2.35. The number of carbonyl (C=O) groups excluding carboxylic acids is 1. The van der Waals surface area contributed by atoms with Crippen molar-refractivity contribution in [2.24, 2.45) is 28.6 Å². The fourth-order valence-electron chi connectivity index (χ4n) is 8.57. The van der Waals surface area contributed by atoms with Crippen molar-refractivity contribution in [3.8, 4) is 5.69 Å². The summed E-state index contributed by atoms with van der Waals surface area (Å²) in [6.45, 7) is 3.52. The van der Waals surface area contributed by atoms with Crippen molar-refractivity contribution in [2.75, 3.05) is 6.61 Å². The van der Waals surface area contributed by atoms with E-state index in [-0.39, 0.29) is 29.0 Å². The minimum Gasteiger partial charge on any atom is -0.393 e. The summed E-state index contributed by atoms with van der Waals surface area (Å²) in [7, 11) is 0. The molecule has 0 bridgehead atoms. The van der Waals surface area contributed by atoms with E-state index >= 15 is 0 Å². The average Bonchev–Trinajstić information content (AvgIpc) is 3.35. The largest absolute Gasteiger partial charge is 0.393 e. The number of aliphatic hydroxyl groups excluding tert-OH is 2. The van der Waals surface area contributed by atoms with E-state index in [1.54, 1.807) is 12.1 Å². The lowest BCUT2D eigenvalue weighted by Crippen LogP contribution is -2.62. The van der Waals surface area contributed by atoms with Crippen molar-refractivity contribution in [3.63, 3.8) is 0 Å². The van der Waals surface area contributed by atoms with Crippen LogP contribution in [0.2, 0.25) is 0 Å². The van der Waals surface area contributed by atoms with E-state index in [4.69, 9.17) is 0 Å². The molecule has 0 radical (unpaired) electrons. The van der Waals surface area contributed by atoms with Crippen LogP contribution in [0.3, 0.4) is 0 Å². The molecule has 7 atom stereocenters. The maximum absolute atomic E-state index is 13.5. The van der Waals surface area contributed by atoms with Gasteiger partial charge >= 0.3 is 0 Å². The van der Waals surface area contributed by atoms with Crippen molar-refractivity contribution in [1.82, 2.24) is 9.78 Å². The summed E-state index contributed by atoms with van der Waals surface area (Å²) in [4.78, 5) is 12.6. The Bertz CT molecular complexity index is 1220. The molecule has 35 heavy (non-hydrogen) atoms. The first kappa shape index (κ1) is 23.1. The van der Waals surface area contributed by atoms with Gasteiger partial charge in [-0.05, 0) is 97.6 Å². The first-order chi connectivity index (χ1) is 16.6. The van der Waals surface area contributed by atoms with E-state index in [9.17, 15) is 24.5 Å². The predicted octanol–water partition coefficient (Wildman–Crippen LogP) is 3.46. The van der Waals surface area contributed by atoms with Gasteiger partial charge < -0.3 is 15.3 Å². The Morgan fingerprint density at radius 1 is 1.23 bits per heavy atom. The molecule has 0 aliphatic heterocycles. The van der Waals surface area contributed by atoms with Crippen LogP contribution in [0.4, 0.5) is 4.39 Å². The van der Waals surface area contributed by atoms with Gasteiger partial charge in [0, 0.05) is 5.41 Å². The number of halogens is 1. The van der Waals surface area contributed by atoms with Gasteiger partial charge in [0.2, 0.25) is 0 Å². The second kappa shape index (κ2) is 7.58. The third-order valence-corrected chi connectivity index (χ3v) is 10.3.